The van der Waals surface area contributed by atoms with Gasteiger partial charge in [0.05, 0.1) is 17.8 Å². The van der Waals surface area contributed by atoms with Gasteiger partial charge in [0.1, 0.15) is 17.2 Å². The molecule has 0 unspecified atom stereocenters. The minimum atomic E-state index is -1.17. The standard InChI is InChI=1S/C10H9Cl2NO4/c1-17-8-3-7(13-9(14)4-11)6(12)2-5(8)10(15)16/h2-3H,4H2,1H3,(H,13,14)(H,15,16). The number of methoxy groups -OCH3 is 1. The number of hydrogen-bond acceptors (Lipinski definition) is 3. The van der Waals surface area contributed by atoms with Gasteiger partial charge in [-0.2, -0.15) is 0 Å². The van der Waals surface area contributed by atoms with Crippen molar-refractivity contribution in [1.29, 1.82) is 0 Å². The number of alkyl halides is 1. The Morgan fingerprint density at radius 1 is 1.47 bits per heavy atom. The molecule has 0 fully saturated rings. The number of hydrogen-bond donors (Lipinski definition) is 2. The highest BCUT2D eigenvalue weighted by Gasteiger charge is 2.15. The Hall–Kier alpha value is -1.46. The second kappa shape index (κ2) is 5.75. The highest BCUT2D eigenvalue weighted by atomic mass is 35.5. The first-order valence-corrected chi connectivity index (χ1v) is 5.37. The molecular weight excluding hydrogens is 269 g/mol. The molecule has 1 aromatic carbocycles. The van der Waals surface area contributed by atoms with Crippen LogP contribution in [0.15, 0.2) is 12.1 Å². The molecule has 1 amide bonds. The van der Waals surface area contributed by atoms with Gasteiger partial charge in [0, 0.05) is 6.07 Å². The highest BCUT2D eigenvalue weighted by Crippen LogP contribution is 2.30. The van der Waals surface area contributed by atoms with Crippen LogP contribution in [0.1, 0.15) is 10.4 Å². The maximum absolute atomic E-state index is 11.1. The lowest BCUT2D eigenvalue weighted by atomic mass is 10.2. The van der Waals surface area contributed by atoms with Gasteiger partial charge in [-0.25, -0.2) is 4.79 Å². The van der Waals surface area contributed by atoms with Crippen molar-refractivity contribution < 1.29 is 19.4 Å². The number of rotatable bonds is 4. The van der Waals surface area contributed by atoms with Crippen LogP contribution in [0.2, 0.25) is 5.02 Å². The molecule has 0 radical (unpaired) electrons. The van der Waals surface area contributed by atoms with E-state index in [0.29, 0.717) is 0 Å². The van der Waals surface area contributed by atoms with Gasteiger partial charge >= 0.3 is 5.97 Å². The molecular formula is C10H9Cl2NO4. The van der Waals surface area contributed by atoms with Crippen LogP contribution < -0.4 is 10.1 Å². The van der Waals surface area contributed by atoms with Gasteiger partial charge in [0.25, 0.3) is 0 Å². The van der Waals surface area contributed by atoms with E-state index in [-0.39, 0.29) is 27.9 Å². The van der Waals surface area contributed by atoms with Crippen molar-refractivity contribution >= 4 is 40.8 Å². The molecule has 0 aliphatic rings. The predicted molar refractivity (Wildman–Crippen MR) is 64.3 cm³/mol. The van der Waals surface area contributed by atoms with Crippen LogP contribution in [0.3, 0.4) is 0 Å². The molecule has 17 heavy (non-hydrogen) atoms. The predicted octanol–water partition coefficient (Wildman–Crippen LogP) is 2.22. The summed E-state index contributed by atoms with van der Waals surface area (Å²) in [5, 5.41) is 11.4. The van der Waals surface area contributed by atoms with E-state index in [1.807, 2.05) is 0 Å². The number of carbonyl (C=O) groups is 2. The number of amides is 1. The van der Waals surface area contributed by atoms with Crippen LogP contribution in [0, 0.1) is 0 Å². The van der Waals surface area contributed by atoms with Gasteiger partial charge in [-0.05, 0) is 6.07 Å². The second-order valence-electron chi connectivity index (χ2n) is 3.02. The van der Waals surface area contributed by atoms with Gasteiger partial charge in [0.15, 0.2) is 0 Å². The van der Waals surface area contributed by atoms with Gasteiger partial charge in [-0.3, -0.25) is 4.79 Å². The Morgan fingerprint density at radius 3 is 2.59 bits per heavy atom. The Bertz CT molecular complexity index is 462. The Morgan fingerprint density at radius 2 is 2.12 bits per heavy atom. The maximum atomic E-state index is 11.1. The summed E-state index contributed by atoms with van der Waals surface area (Å²) in [7, 11) is 1.32. The molecule has 0 spiro atoms. The van der Waals surface area contributed by atoms with E-state index in [9.17, 15) is 9.59 Å². The molecule has 0 atom stereocenters. The normalized spacial score (nSPS) is 9.82. The van der Waals surface area contributed by atoms with E-state index in [2.05, 4.69) is 5.32 Å². The zero-order valence-electron chi connectivity index (χ0n) is 8.79. The van der Waals surface area contributed by atoms with E-state index in [1.165, 1.54) is 19.2 Å². The summed E-state index contributed by atoms with van der Waals surface area (Å²) in [6.45, 7) is 0. The smallest absolute Gasteiger partial charge is 0.339 e. The van der Waals surface area contributed by atoms with Crippen LogP contribution in [0.5, 0.6) is 5.75 Å². The van der Waals surface area contributed by atoms with E-state index < -0.39 is 11.9 Å². The van der Waals surface area contributed by atoms with E-state index in [0.717, 1.165) is 0 Å². The number of ether oxygens (including phenoxy) is 1. The fraction of sp³-hybridized carbons (Fsp3) is 0.200. The van der Waals surface area contributed by atoms with E-state index in [4.69, 9.17) is 33.0 Å². The van der Waals surface area contributed by atoms with Crippen molar-refractivity contribution in [3.05, 3.63) is 22.7 Å². The molecule has 0 saturated carbocycles. The van der Waals surface area contributed by atoms with Crippen LogP contribution in [0.4, 0.5) is 5.69 Å². The third kappa shape index (κ3) is 3.25. The molecule has 0 aliphatic carbocycles. The Labute approximate surface area is 107 Å². The van der Waals surface area contributed by atoms with Gasteiger partial charge in [0.2, 0.25) is 5.91 Å². The summed E-state index contributed by atoms with van der Waals surface area (Å²) in [5.74, 6) is -1.73. The third-order valence-electron chi connectivity index (χ3n) is 1.92. The van der Waals surface area contributed by atoms with Crippen LogP contribution in [0.25, 0.3) is 0 Å². The molecule has 2 N–H and O–H groups in total. The summed E-state index contributed by atoms with van der Waals surface area (Å²) in [5.41, 5.74) is 0.167. The zero-order chi connectivity index (χ0) is 13.0. The quantitative estimate of drug-likeness (QED) is 0.828. The van der Waals surface area contributed by atoms with Gasteiger partial charge < -0.3 is 15.2 Å². The summed E-state index contributed by atoms with van der Waals surface area (Å²) >= 11 is 11.2. The largest absolute Gasteiger partial charge is 0.496 e. The van der Waals surface area contributed by atoms with Crippen molar-refractivity contribution in [2.75, 3.05) is 18.3 Å². The number of carbonyl (C=O) groups excluding carboxylic acids is 1. The zero-order valence-corrected chi connectivity index (χ0v) is 10.3. The first-order chi connectivity index (χ1) is 7.99. The lowest BCUT2D eigenvalue weighted by Gasteiger charge is -2.10. The third-order valence-corrected chi connectivity index (χ3v) is 2.47. The van der Waals surface area contributed by atoms with Gasteiger partial charge in [-0.15, -0.1) is 11.6 Å². The summed E-state index contributed by atoms with van der Waals surface area (Å²) in [4.78, 5) is 22.0. The Kier molecular flexibility index (Phi) is 4.60. The van der Waals surface area contributed by atoms with E-state index in [1.54, 1.807) is 0 Å². The number of nitrogens with one attached hydrogen (secondary N) is 1. The van der Waals surface area contributed by atoms with E-state index >= 15 is 0 Å². The lowest BCUT2D eigenvalue weighted by Crippen LogP contribution is -2.13. The number of anilines is 1. The molecule has 1 aromatic rings. The molecule has 1 rings (SSSR count). The fourth-order valence-corrected chi connectivity index (χ4v) is 1.45. The molecule has 0 heterocycles. The fourth-order valence-electron chi connectivity index (χ4n) is 1.17. The van der Waals surface area contributed by atoms with Crippen molar-refractivity contribution in [3.8, 4) is 5.75 Å². The molecule has 0 aromatic heterocycles. The molecule has 92 valence electrons. The van der Waals surface area contributed by atoms with Crippen molar-refractivity contribution in [1.82, 2.24) is 0 Å². The molecule has 0 saturated heterocycles. The molecule has 0 bridgehead atoms. The van der Waals surface area contributed by atoms with Crippen molar-refractivity contribution in [3.63, 3.8) is 0 Å². The minimum Gasteiger partial charge on any atom is -0.496 e. The topological polar surface area (TPSA) is 75.6 Å². The van der Waals surface area contributed by atoms with Gasteiger partial charge in [-0.1, -0.05) is 11.6 Å². The average molecular weight is 278 g/mol. The molecule has 5 nitrogen and oxygen atoms in total. The number of halogens is 2. The minimum absolute atomic E-state index is 0.0821. The molecule has 7 heteroatoms. The van der Waals surface area contributed by atoms with Crippen LogP contribution in [-0.4, -0.2) is 30.0 Å². The highest BCUT2D eigenvalue weighted by molar-refractivity contribution is 6.35. The maximum Gasteiger partial charge on any atom is 0.339 e. The van der Waals surface area contributed by atoms with Crippen LogP contribution >= 0.6 is 23.2 Å². The summed E-state index contributed by atoms with van der Waals surface area (Å²) < 4.78 is 4.89. The van der Waals surface area contributed by atoms with Crippen LogP contribution in [-0.2, 0) is 4.79 Å². The molecule has 0 aliphatic heterocycles. The monoisotopic (exact) mass is 277 g/mol. The van der Waals surface area contributed by atoms with Crippen molar-refractivity contribution in [2.45, 2.75) is 0 Å². The average Bonchev–Trinajstić information content (AvgIpc) is 2.30. The second-order valence-corrected chi connectivity index (χ2v) is 3.69. The number of carboxylic acid groups (broad SMARTS) is 1. The lowest BCUT2D eigenvalue weighted by molar-refractivity contribution is -0.113. The summed E-state index contributed by atoms with van der Waals surface area (Å²) in [6.07, 6.45) is 0. The number of benzene rings is 1. The first kappa shape index (κ1) is 13.6. The first-order valence-electron chi connectivity index (χ1n) is 4.46. The number of aromatic carboxylic acids is 1. The SMILES string of the molecule is COc1cc(NC(=O)CCl)c(Cl)cc1C(=O)O. The number of carboxylic acids is 1. The Balaban J connectivity index is 3.17. The van der Waals surface area contributed by atoms with Crippen molar-refractivity contribution in [2.24, 2.45) is 0 Å². The summed E-state index contributed by atoms with van der Waals surface area (Å²) in [6, 6.07) is 2.53.